The molecular formula is C23H27N3O5S. The number of benzene rings is 2. The Hall–Kier alpha value is -2.91. The van der Waals surface area contributed by atoms with Gasteiger partial charge < -0.3 is 15.0 Å². The van der Waals surface area contributed by atoms with E-state index in [0.717, 1.165) is 23.1 Å². The van der Waals surface area contributed by atoms with Gasteiger partial charge in [-0.25, -0.2) is 12.7 Å². The van der Waals surface area contributed by atoms with Gasteiger partial charge in [-0.2, -0.15) is 0 Å². The lowest BCUT2D eigenvalue weighted by molar-refractivity contribution is -0.00522. The number of nitrogens with one attached hydrogen (secondary N) is 1. The number of sulfonamides is 1. The summed E-state index contributed by atoms with van der Waals surface area (Å²) in [6.45, 7) is 8.95. The maximum atomic E-state index is 12.8. The molecule has 2 heterocycles. The van der Waals surface area contributed by atoms with Gasteiger partial charge in [-0.3, -0.25) is 9.59 Å². The molecule has 0 aliphatic carbocycles. The number of nitrogens with zero attached hydrogens (tertiary/aromatic N) is 2. The molecule has 32 heavy (non-hydrogen) atoms. The van der Waals surface area contributed by atoms with E-state index in [1.807, 2.05) is 38.1 Å². The summed E-state index contributed by atoms with van der Waals surface area (Å²) in [5, 5.41) is 2.79. The van der Waals surface area contributed by atoms with Gasteiger partial charge in [0, 0.05) is 36.1 Å². The first-order valence-electron chi connectivity index (χ1n) is 10.6. The van der Waals surface area contributed by atoms with Gasteiger partial charge in [0.25, 0.3) is 21.8 Å². The summed E-state index contributed by atoms with van der Waals surface area (Å²) >= 11 is 0. The van der Waals surface area contributed by atoms with Gasteiger partial charge in [-0.05, 0) is 70.2 Å². The fourth-order valence-corrected chi connectivity index (χ4v) is 6.04. The first kappa shape index (κ1) is 22.3. The predicted octanol–water partition coefficient (Wildman–Crippen LogP) is 3.11. The second-order valence-electron chi connectivity index (χ2n) is 8.57. The van der Waals surface area contributed by atoms with Crippen LogP contribution in [-0.4, -0.2) is 55.9 Å². The SMILES string of the molecule is CC1CN(c2ccc(NC(=O)c3ccc4c(c3)S(=O)(=O)N(C(C)C)C4=O)cc2)CC(C)O1. The van der Waals surface area contributed by atoms with Gasteiger partial charge in [0.1, 0.15) is 4.90 Å². The van der Waals surface area contributed by atoms with Crippen LogP contribution in [-0.2, 0) is 14.8 Å². The maximum Gasteiger partial charge on any atom is 0.269 e. The molecular weight excluding hydrogens is 430 g/mol. The number of rotatable bonds is 4. The molecule has 2 atom stereocenters. The van der Waals surface area contributed by atoms with E-state index < -0.39 is 27.9 Å². The van der Waals surface area contributed by atoms with Gasteiger partial charge in [-0.1, -0.05) is 0 Å². The van der Waals surface area contributed by atoms with Crippen LogP contribution >= 0.6 is 0 Å². The van der Waals surface area contributed by atoms with Crippen LogP contribution in [0.1, 0.15) is 48.4 Å². The molecule has 2 aromatic rings. The Bertz CT molecular complexity index is 1150. The number of carbonyl (C=O) groups excluding carboxylic acids is 2. The first-order chi connectivity index (χ1) is 15.1. The van der Waals surface area contributed by atoms with Gasteiger partial charge in [0.15, 0.2) is 0 Å². The van der Waals surface area contributed by atoms with Crippen LogP contribution in [0.25, 0.3) is 0 Å². The Morgan fingerprint density at radius 2 is 1.69 bits per heavy atom. The van der Waals surface area contributed by atoms with E-state index >= 15 is 0 Å². The topological polar surface area (TPSA) is 96.0 Å². The van der Waals surface area contributed by atoms with Gasteiger partial charge in [0.2, 0.25) is 0 Å². The van der Waals surface area contributed by atoms with Crippen molar-refractivity contribution in [2.75, 3.05) is 23.3 Å². The third kappa shape index (κ3) is 3.98. The summed E-state index contributed by atoms with van der Waals surface area (Å²) < 4.78 is 32.1. The van der Waals surface area contributed by atoms with Crippen molar-refractivity contribution in [3.8, 4) is 0 Å². The van der Waals surface area contributed by atoms with Crippen molar-refractivity contribution in [1.82, 2.24) is 4.31 Å². The van der Waals surface area contributed by atoms with Crippen LogP contribution in [0.4, 0.5) is 11.4 Å². The minimum Gasteiger partial charge on any atom is -0.372 e. The van der Waals surface area contributed by atoms with Crippen molar-refractivity contribution in [2.24, 2.45) is 0 Å². The molecule has 8 nitrogen and oxygen atoms in total. The quantitative estimate of drug-likeness (QED) is 0.758. The minimum absolute atomic E-state index is 0.0913. The first-order valence-corrected chi connectivity index (χ1v) is 12.1. The highest BCUT2D eigenvalue weighted by Gasteiger charge is 2.42. The third-order valence-electron chi connectivity index (χ3n) is 5.59. The summed E-state index contributed by atoms with van der Waals surface area (Å²) in [7, 11) is -3.96. The highest BCUT2D eigenvalue weighted by atomic mass is 32.2. The molecule has 170 valence electrons. The average Bonchev–Trinajstić information content (AvgIpc) is 2.92. The van der Waals surface area contributed by atoms with Crippen molar-refractivity contribution >= 4 is 33.2 Å². The molecule has 4 rings (SSSR count). The zero-order chi connectivity index (χ0) is 23.2. The van der Waals surface area contributed by atoms with Crippen LogP contribution in [0.5, 0.6) is 0 Å². The Morgan fingerprint density at radius 3 is 2.28 bits per heavy atom. The number of hydrogen-bond donors (Lipinski definition) is 1. The Kier molecular flexibility index (Phi) is 5.72. The zero-order valence-corrected chi connectivity index (χ0v) is 19.3. The van der Waals surface area contributed by atoms with E-state index in [1.54, 1.807) is 13.8 Å². The number of fused-ring (bicyclic) bond motifs is 1. The van der Waals surface area contributed by atoms with Crippen LogP contribution in [0.2, 0.25) is 0 Å². The largest absolute Gasteiger partial charge is 0.372 e. The van der Waals surface area contributed by atoms with E-state index in [0.29, 0.717) is 5.69 Å². The molecule has 2 aliphatic heterocycles. The normalized spacial score (nSPS) is 22.2. The summed E-state index contributed by atoms with van der Waals surface area (Å²) in [5.74, 6) is -1.01. The van der Waals surface area contributed by atoms with Crippen molar-refractivity contribution < 1.29 is 22.7 Å². The molecule has 2 aromatic carbocycles. The van der Waals surface area contributed by atoms with Crippen LogP contribution in [0, 0.1) is 0 Å². The molecule has 1 N–H and O–H groups in total. The number of morpholine rings is 1. The number of carbonyl (C=O) groups is 2. The second-order valence-corrected chi connectivity index (χ2v) is 10.4. The predicted molar refractivity (Wildman–Crippen MR) is 122 cm³/mol. The molecule has 2 unspecified atom stereocenters. The molecule has 0 bridgehead atoms. The van der Waals surface area contributed by atoms with Crippen LogP contribution < -0.4 is 10.2 Å². The molecule has 0 radical (unpaired) electrons. The fourth-order valence-electron chi connectivity index (χ4n) is 4.25. The third-order valence-corrected chi connectivity index (χ3v) is 7.59. The smallest absolute Gasteiger partial charge is 0.269 e. The Labute approximate surface area is 188 Å². The summed E-state index contributed by atoms with van der Waals surface area (Å²) in [4.78, 5) is 27.3. The number of amides is 2. The summed E-state index contributed by atoms with van der Waals surface area (Å²) in [5.41, 5.74) is 1.90. The summed E-state index contributed by atoms with van der Waals surface area (Å²) in [6.07, 6.45) is 0.292. The highest BCUT2D eigenvalue weighted by molar-refractivity contribution is 7.90. The van der Waals surface area contributed by atoms with E-state index in [2.05, 4.69) is 10.2 Å². The van der Waals surface area contributed by atoms with Crippen molar-refractivity contribution in [3.63, 3.8) is 0 Å². The number of ether oxygens (including phenoxy) is 1. The monoisotopic (exact) mass is 457 g/mol. The Balaban J connectivity index is 1.51. The van der Waals surface area contributed by atoms with E-state index in [4.69, 9.17) is 4.74 Å². The van der Waals surface area contributed by atoms with Crippen molar-refractivity contribution in [1.29, 1.82) is 0 Å². The fraction of sp³-hybridized carbons (Fsp3) is 0.391. The molecule has 1 saturated heterocycles. The second kappa shape index (κ2) is 8.22. The highest BCUT2D eigenvalue weighted by Crippen LogP contribution is 2.33. The van der Waals surface area contributed by atoms with Crippen molar-refractivity contribution in [3.05, 3.63) is 53.6 Å². The number of hydrogen-bond acceptors (Lipinski definition) is 6. The number of anilines is 2. The summed E-state index contributed by atoms with van der Waals surface area (Å²) in [6, 6.07) is 11.1. The molecule has 0 spiro atoms. The standard InChI is InChI=1S/C23H27N3O5S/c1-14(2)26-23(28)20-10-5-17(11-21(20)32(26,29)30)22(27)24-18-6-8-19(9-7-18)25-12-15(3)31-16(4)13-25/h5-11,14-16H,12-13H2,1-4H3,(H,24,27). The zero-order valence-electron chi connectivity index (χ0n) is 18.5. The van der Waals surface area contributed by atoms with E-state index in [1.165, 1.54) is 18.2 Å². The average molecular weight is 458 g/mol. The van der Waals surface area contributed by atoms with E-state index in [-0.39, 0.29) is 28.2 Å². The molecule has 2 amide bonds. The lowest BCUT2D eigenvalue weighted by Crippen LogP contribution is -2.45. The van der Waals surface area contributed by atoms with E-state index in [9.17, 15) is 18.0 Å². The van der Waals surface area contributed by atoms with Gasteiger partial charge in [-0.15, -0.1) is 0 Å². The van der Waals surface area contributed by atoms with Crippen LogP contribution in [0.15, 0.2) is 47.4 Å². The molecule has 0 saturated carbocycles. The lowest BCUT2D eigenvalue weighted by Gasteiger charge is -2.36. The maximum absolute atomic E-state index is 12.8. The molecule has 0 aromatic heterocycles. The van der Waals surface area contributed by atoms with Gasteiger partial charge in [0.05, 0.1) is 17.8 Å². The lowest BCUT2D eigenvalue weighted by atomic mass is 10.1. The minimum atomic E-state index is -3.96. The van der Waals surface area contributed by atoms with Gasteiger partial charge >= 0.3 is 0 Å². The van der Waals surface area contributed by atoms with Crippen molar-refractivity contribution in [2.45, 2.75) is 50.8 Å². The molecule has 2 aliphatic rings. The molecule has 1 fully saturated rings. The Morgan fingerprint density at radius 1 is 1.06 bits per heavy atom. The van der Waals surface area contributed by atoms with Crippen LogP contribution in [0.3, 0.4) is 0 Å². The molecule has 9 heteroatoms.